The summed E-state index contributed by atoms with van der Waals surface area (Å²) in [6, 6.07) is 7.03. The minimum Gasteiger partial charge on any atom is -0.484 e. The van der Waals surface area contributed by atoms with E-state index in [0.29, 0.717) is 39.7 Å². The molecule has 0 aliphatic carbocycles. The summed E-state index contributed by atoms with van der Waals surface area (Å²) in [7, 11) is 1.54. The maximum Gasteiger partial charge on any atom is 0.411 e. The van der Waals surface area contributed by atoms with Crippen LogP contribution in [0.2, 0.25) is 0 Å². The summed E-state index contributed by atoms with van der Waals surface area (Å²) in [5.74, 6) is -0.135. The standard InChI is InChI=1S/C28H27FN6O5S/c1-5-6-38-27-31-11-17(12-32-27)33-28(36)39-14-16(3)40-22-10-23-20(9-19(22)29)35-26(41-23)18-7-15(2)8-21-25(18)30-13-24(34-21)37-4/h7-13,16H,5-6,14H2,1-4H3,(H,33,36)/t16-/m0/s1. The number of thiazole rings is 1. The molecule has 0 aliphatic heterocycles. The van der Waals surface area contributed by atoms with Crippen molar-refractivity contribution in [3.8, 4) is 28.2 Å². The van der Waals surface area contributed by atoms with Crippen molar-refractivity contribution in [3.05, 3.63) is 54.2 Å². The first kappa shape index (κ1) is 27.9. The average molecular weight is 579 g/mol. The fourth-order valence-electron chi connectivity index (χ4n) is 3.89. The molecule has 0 bridgehead atoms. The average Bonchev–Trinajstić information content (AvgIpc) is 3.37. The van der Waals surface area contributed by atoms with Crippen molar-refractivity contribution in [2.75, 3.05) is 25.6 Å². The molecular weight excluding hydrogens is 551 g/mol. The summed E-state index contributed by atoms with van der Waals surface area (Å²) in [5, 5.41) is 3.20. The van der Waals surface area contributed by atoms with Gasteiger partial charge in [0.1, 0.15) is 17.7 Å². The predicted octanol–water partition coefficient (Wildman–Crippen LogP) is 5.96. The third kappa shape index (κ3) is 6.57. The number of nitrogens with one attached hydrogen (secondary N) is 1. The highest BCUT2D eigenvalue weighted by Crippen LogP contribution is 2.37. The van der Waals surface area contributed by atoms with E-state index in [-0.39, 0.29) is 18.4 Å². The van der Waals surface area contributed by atoms with E-state index < -0.39 is 18.0 Å². The number of methoxy groups -OCH3 is 1. The molecule has 13 heteroatoms. The van der Waals surface area contributed by atoms with Gasteiger partial charge in [0.2, 0.25) is 5.88 Å². The molecule has 0 fully saturated rings. The van der Waals surface area contributed by atoms with Crippen LogP contribution in [-0.2, 0) is 4.74 Å². The van der Waals surface area contributed by atoms with Gasteiger partial charge >= 0.3 is 12.1 Å². The molecule has 1 N–H and O–H groups in total. The van der Waals surface area contributed by atoms with Gasteiger partial charge in [-0.1, -0.05) is 6.92 Å². The first-order valence-corrected chi connectivity index (χ1v) is 13.6. The Kier molecular flexibility index (Phi) is 8.34. The van der Waals surface area contributed by atoms with Gasteiger partial charge in [0.15, 0.2) is 11.6 Å². The van der Waals surface area contributed by atoms with Crippen LogP contribution in [0.25, 0.3) is 31.8 Å². The Morgan fingerprint density at radius 2 is 1.88 bits per heavy atom. The Hall–Kier alpha value is -4.65. The van der Waals surface area contributed by atoms with E-state index in [1.807, 2.05) is 26.0 Å². The lowest BCUT2D eigenvalue weighted by molar-refractivity contribution is 0.0969. The molecule has 3 heterocycles. The van der Waals surface area contributed by atoms with Crippen molar-refractivity contribution in [1.29, 1.82) is 0 Å². The Morgan fingerprint density at radius 1 is 1.07 bits per heavy atom. The summed E-state index contributed by atoms with van der Waals surface area (Å²) in [6.07, 6.45) is 3.85. The second-order valence-electron chi connectivity index (χ2n) is 9.12. The van der Waals surface area contributed by atoms with Crippen LogP contribution in [0, 0.1) is 12.7 Å². The summed E-state index contributed by atoms with van der Waals surface area (Å²) < 4.78 is 37.2. The van der Waals surface area contributed by atoms with Gasteiger partial charge in [0, 0.05) is 17.7 Å². The van der Waals surface area contributed by atoms with Crippen molar-refractivity contribution < 1.29 is 28.1 Å². The van der Waals surface area contributed by atoms with Gasteiger partial charge in [-0.15, -0.1) is 11.3 Å². The number of amides is 1. The Balaban J connectivity index is 1.25. The topological polar surface area (TPSA) is 130 Å². The van der Waals surface area contributed by atoms with Crippen molar-refractivity contribution in [2.45, 2.75) is 33.3 Å². The number of fused-ring (bicyclic) bond motifs is 2. The largest absolute Gasteiger partial charge is 0.484 e. The normalized spacial score (nSPS) is 11.8. The second-order valence-corrected chi connectivity index (χ2v) is 10.1. The van der Waals surface area contributed by atoms with Gasteiger partial charge in [0.05, 0.1) is 59.2 Å². The zero-order valence-electron chi connectivity index (χ0n) is 22.8. The Bertz CT molecular complexity index is 1700. The summed E-state index contributed by atoms with van der Waals surface area (Å²) in [4.78, 5) is 33.9. The monoisotopic (exact) mass is 578 g/mol. The fraction of sp³-hybridized carbons (Fsp3) is 0.286. The number of anilines is 1. The molecule has 11 nitrogen and oxygen atoms in total. The second kappa shape index (κ2) is 12.3. The lowest BCUT2D eigenvalue weighted by atomic mass is 10.1. The highest BCUT2D eigenvalue weighted by Gasteiger charge is 2.18. The maximum atomic E-state index is 14.9. The van der Waals surface area contributed by atoms with E-state index in [1.54, 1.807) is 19.2 Å². The number of ether oxygens (including phenoxy) is 4. The van der Waals surface area contributed by atoms with Gasteiger partial charge in [-0.25, -0.2) is 34.1 Å². The molecule has 3 aromatic heterocycles. The third-order valence-corrected chi connectivity index (χ3v) is 6.79. The molecule has 212 valence electrons. The Labute approximate surface area is 238 Å². The van der Waals surface area contributed by atoms with E-state index >= 15 is 0 Å². The zero-order valence-corrected chi connectivity index (χ0v) is 23.6. The van der Waals surface area contributed by atoms with Gasteiger partial charge in [-0.05, 0) is 38.0 Å². The molecule has 0 spiro atoms. The minimum absolute atomic E-state index is 0.0268. The number of nitrogens with zero attached hydrogens (tertiary/aromatic N) is 5. The molecule has 5 aromatic rings. The molecule has 41 heavy (non-hydrogen) atoms. The summed E-state index contributed by atoms with van der Waals surface area (Å²) in [6.45, 7) is 5.98. The van der Waals surface area contributed by atoms with Crippen molar-refractivity contribution in [1.82, 2.24) is 24.9 Å². The van der Waals surface area contributed by atoms with Crippen LogP contribution in [-0.4, -0.2) is 57.4 Å². The van der Waals surface area contributed by atoms with Gasteiger partial charge in [-0.2, -0.15) is 0 Å². The van der Waals surface area contributed by atoms with E-state index in [4.69, 9.17) is 18.9 Å². The van der Waals surface area contributed by atoms with Gasteiger partial charge in [0.25, 0.3) is 0 Å². The molecule has 0 radical (unpaired) electrons. The molecule has 2 aromatic carbocycles. The molecular formula is C28H27FN6O5S. The quantitative estimate of drug-likeness (QED) is 0.212. The fourth-order valence-corrected chi connectivity index (χ4v) is 4.88. The number of carbonyl (C=O) groups excluding carboxylic acids is 1. The number of aromatic nitrogens is 5. The van der Waals surface area contributed by atoms with Crippen LogP contribution in [0.1, 0.15) is 25.8 Å². The molecule has 0 aliphatic rings. The first-order chi connectivity index (χ1) is 19.8. The van der Waals surface area contributed by atoms with Crippen LogP contribution in [0.4, 0.5) is 14.9 Å². The lowest BCUT2D eigenvalue weighted by Crippen LogP contribution is -2.24. The molecule has 5 rings (SSSR count). The third-order valence-electron chi connectivity index (χ3n) is 5.74. The number of carbonyl (C=O) groups is 1. The number of hydrogen-bond donors (Lipinski definition) is 1. The van der Waals surface area contributed by atoms with E-state index in [1.165, 1.54) is 36.9 Å². The van der Waals surface area contributed by atoms with Crippen LogP contribution in [0.5, 0.6) is 17.6 Å². The number of halogens is 1. The highest BCUT2D eigenvalue weighted by molar-refractivity contribution is 7.21. The Morgan fingerprint density at radius 3 is 2.63 bits per heavy atom. The van der Waals surface area contributed by atoms with E-state index in [0.717, 1.165) is 22.2 Å². The number of aryl methyl sites for hydroxylation is 1. The van der Waals surface area contributed by atoms with Crippen molar-refractivity contribution in [2.24, 2.45) is 0 Å². The van der Waals surface area contributed by atoms with Crippen LogP contribution in [0.15, 0.2) is 42.9 Å². The molecule has 0 saturated heterocycles. The number of rotatable bonds is 10. The van der Waals surface area contributed by atoms with Crippen LogP contribution in [0.3, 0.4) is 0 Å². The van der Waals surface area contributed by atoms with E-state index in [9.17, 15) is 9.18 Å². The first-order valence-electron chi connectivity index (χ1n) is 12.8. The molecule has 0 saturated carbocycles. The summed E-state index contributed by atoms with van der Waals surface area (Å²) >= 11 is 1.39. The van der Waals surface area contributed by atoms with Gasteiger partial charge in [-0.3, -0.25) is 5.32 Å². The highest BCUT2D eigenvalue weighted by atomic mass is 32.1. The number of benzene rings is 2. The van der Waals surface area contributed by atoms with Crippen molar-refractivity contribution >= 4 is 44.4 Å². The predicted molar refractivity (Wildman–Crippen MR) is 152 cm³/mol. The van der Waals surface area contributed by atoms with Crippen LogP contribution >= 0.6 is 11.3 Å². The molecule has 1 atom stereocenters. The smallest absolute Gasteiger partial charge is 0.411 e. The molecule has 1 amide bonds. The van der Waals surface area contributed by atoms with Gasteiger partial charge < -0.3 is 18.9 Å². The zero-order chi connectivity index (χ0) is 28.9. The molecule has 0 unspecified atom stereocenters. The minimum atomic E-state index is -0.722. The van der Waals surface area contributed by atoms with E-state index in [2.05, 4.69) is 30.2 Å². The summed E-state index contributed by atoms with van der Waals surface area (Å²) in [5.41, 5.74) is 3.95. The van der Waals surface area contributed by atoms with Crippen LogP contribution < -0.4 is 19.5 Å². The maximum absolute atomic E-state index is 14.9. The lowest BCUT2D eigenvalue weighted by Gasteiger charge is -2.15. The van der Waals surface area contributed by atoms with Crippen molar-refractivity contribution in [3.63, 3.8) is 0 Å². The SMILES string of the molecule is CCCOc1ncc(NC(=O)OC[C@H](C)Oc2cc3sc(-c4cc(C)cc5nc(OC)cnc45)nc3cc2F)cn1. The number of hydrogen-bond acceptors (Lipinski definition) is 11.